The molecule has 0 spiro atoms. The van der Waals surface area contributed by atoms with Gasteiger partial charge in [0.15, 0.2) is 12.4 Å². The first kappa shape index (κ1) is 20.5. The molecule has 0 aliphatic rings. The molecule has 0 aliphatic carbocycles. The van der Waals surface area contributed by atoms with Gasteiger partial charge in [0, 0.05) is 7.11 Å². The summed E-state index contributed by atoms with van der Waals surface area (Å²) in [6, 6.07) is 11.8. The van der Waals surface area contributed by atoms with Crippen LogP contribution in [0.4, 0.5) is 5.69 Å². The smallest absolute Gasteiger partial charge is 0.262 e. The number of methoxy groups -OCH3 is 1. The van der Waals surface area contributed by atoms with E-state index < -0.39 is 5.91 Å². The van der Waals surface area contributed by atoms with Crippen molar-refractivity contribution in [2.45, 2.75) is 6.42 Å². The minimum atomic E-state index is -0.409. The second-order valence-electron chi connectivity index (χ2n) is 5.58. The number of nitrogens with one attached hydrogen (secondary N) is 1. The minimum Gasteiger partial charge on any atom is -0.487 e. The fraction of sp³-hybridized carbons (Fsp3) is 0.263. The largest absolute Gasteiger partial charge is 0.487 e. The highest BCUT2D eigenvalue weighted by molar-refractivity contribution is 6.32. The number of ether oxygens (including phenoxy) is 3. The number of hydrogen-bond acceptors (Lipinski definition) is 5. The van der Waals surface area contributed by atoms with Crippen molar-refractivity contribution >= 4 is 29.1 Å². The molecule has 0 aromatic heterocycles. The number of amides is 2. The lowest BCUT2D eigenvalue weighted by atomic mass is 10.1. The molecular weight excluding hydrogens is 372 g/mol. The molecule has 0 bridgehead atoms. The Morgan fingerprint density at radius 2 is 1.81 bits per heavy atom. The molecule has 2 aromatic carbocycles. The van der Waals surface area contributed by atoms with Gasteiger partial charge in [0.1, 0.15) is 12.4 Å². The van der Waals surface area contributed by atoms with E-state index in [1.807, 2.05) is 0 Å². The first-order valence-corrected chi connectivity index (χ1v) is 8.57. The Bertz CT molecular complexity index is 780. The standard InChI is InChI=1S/C19H21ClN2O5/c1-25-9-10-26-19-15(20)3-2-4-16(19)22-18(24)12-27-14-7-5-13(6-8-14)11-17(21)23/h2-8H,9-12H2,1H3,(H2,21,23)(H,22,24). The van der Waals surface area contributed by atoms with Crippen LogP contribution in [0.25, 0.3) is 0 Å². The summed E-state index contributed by atoms with van der Waals surface area (Å²) in [7, 11) is 1.57. The number of primary amides is 1. The summed E-state index contributed by atoms with van der Waals surface area (Å²) in [6.45, 7) is 0.504. The van der Waals surface area contributed by atoms with E-state index in [0.717, 1.165) is 5.56 Å². The number of para-hydroxylation sites is 1. The number of halogens is 1. The molecule has 0 saturated heterocycles. The van der Waals surface area contributed by atoms with Crippen LogP contribution in [-0.2, 0) is 20.7 Å². The number of anilines is 1. The summed E-state index contributed by atoms with van der Waals surface area (Å²) >= 11 is 6.13. The highest BCUT2D eigenvalue weighted by Gasteiger charge is 2.12. The number of carbonyl (C=O) groups is 2. The van der Waals surface area contributed by atoms with Crippen molar-refractivity contribution in [2.24, 2.45) is 5.73 Å². The van der Waals surface area contributed by atoms with Gasteiger partial charge < -0.3 is 25.3 Å². The number of carbonyl (C=O) groups excluding carboxylic acids is 2. The average Bonchev–Trinajstić information content (AvgIpc) is 2.63. The number of benzene rings is 2. The first-order valence-electron chi connectivity index (χ1n) is 8.19. The van der Waals surface area contributed by atoms with Gasteiger partial charge in [0.2, 0.25) is 5.91 Å². The third kappa shape index (κ3) is 6.80. The maximum Gasteiger partial charge on any atom is 0.262 e. The summed E-state index contributed by atoms with van der Waals surface area (Å²) < 4.78 is 16.0. The van der Waals surface area contributed by atoms with Crippen LogP contribution in [0.5, 0.6) is 11.5 Å². The van der Waals surface area contributed by atoms with Crippen molar-refractivity contribution in [1.29, 1.82) is 0 Å². The topological polar surface area (TPSA) is 99.9 Å². The molecule has 2 rings (SSSR count). The molecule has 0 radical (unpaired) electrons. The molecule has 0 fully saturated rings. The Hall–Kier alpha value is -2.77. The second-order valence-corrected chi connectivity index (χ2v) is 5.99. The average molecular weight is 393 g/mol. The monoisotopic (exact) mass is 392 g/mol. The second kappa shape index (κ2) is 10.4. The molecular formula is C19H21ClN2O5. The van der Waals surface area contributed by atoms with Gasteiger partial charge in [-0.2, -0.15) is 0 Å². The fourth-order valence-corrected chi connectivity index (χ4v) is 2.45. The normalized spacial score (nSPS) is 10.3. The Morgan fingerprint density at radius 3 is 2.48 bits per heavy atom. The van der Waals surface area contributed by atoms with Crippen molar-refractivity contribution < 1.29 is 23.8 Å². The summed E-state index contributed by atoms with van der Waals surface area (Å²) in [6.07, 6.45) is 0.154. The van der Waals surface area contributed by atoms with Gasteiger partial charge in [-0.1, -0.05) is 29.8 Å². The van der Waals surface area contributed by atoms with Crippen LogP contribution in [0.1, 0.15) is 5.56 Å². The molecule has 2 amide bonds. The Labute approximate surface area is 162 Å². The lowest BCUT2D eigenvalue weighted by Gasteiger charge is -2.14. The molecule has 2 aromatic rings. The van der Waals surface area contributed by atoms with Crippen LogP contribution in [0, 0.1) is 0 Å². The van der Waals surface area contributed by atoms with Gasteiger partial charge in [0.25, 0.3) is 5.91 Å². The van der Waals surface area contributed by atoms with Gasteiger partial charge in [-0.25, -0.2) is 0 Å². The van der Waals surface area contributed by atoms with E-state index >= 15 is 0 Å². The zero-order valence-corrected chi connectivity index (χ0v) is 15.6. The van der Waals surface area contributed by atoms with Crippen molar-refractivity contribution in [3.8, 4) is 11.5 Å². The minimum absolute atomic E-state index is 0.154. The molecule has 8 heteroatoms. The van der Waals surface area contributed by atoms with Crippen molar-refractivity contribution in [1.82, 2.24) is 0 Å². The van der Waals surface area contributed by atoms with Crippen molar-refractivity contribution in [3.05, 3.63) is 53.1 Å². The molecule has 27 heavy (non-hydrogen) atoms. The zero-order chi connectivity index (χ0) is 19.6. The van der Waals surface area contributed by atoms with E-state index in [9.17, 15) is 9.59 Å². The molecule has 7 nitrogen and oxygen atoms in total. The number of hydrogen-bond donors (Lipinski definition) is 2. The molecule has 0 atom stereocenters. The summed E-state index contributed by atoms with van der Waals surface area (Å²) in [4.78, 5) is 23.1. The van der Waals surface area contributed by atoms with Crippen LogP contribution in [-0.4, -0.2) is 38.7 Å². The van der Waals surface area contributed by atoms with E-state index in [-0.39, 0.29) is 18.9 Å². The molecule has 0 heterocycles. The predicted molar refractivity (Wildman–Crippen MR) is 102 cm³/mol. The van der Waals surface area contributed by atoms with Crippen molar-refractivity contribution in [2.75, 3.05) is 32.2 Å². The highest BCUT2D eigenvalue weighted by atomic mass is 35.5. The third-order valence-corrected chi connectivity index (χ3v) is 3.74. The Morgan fingerprint density at radius 1 is 1.07 bits per heavy atom. The number of rotatable bonds is 10. The lowest BCUT2D eigenvalue weighted by molar-refractivity contribution is -0.118. The van der Waals surface area contributed by atoms with Gasteiger partial charge >= 0.3 is 0 Å². The van der Waals surface area contributed by atoms with Crippen LogP contribution >= 0.6 is 11.6 Å². The lowest BCUT2D eigenvalue weighted by Crippen LogP contribution is -2.21. The van der Waals surface area contributed by atoms with Gasteiger partial charge in [-0.15, -0.1) is 0 Å². The molecule has 0 saturated carbocycles. The SMILES string of the molecule is COCCOc1c(Cl)cccc1NC(=O)COc1ccc(CC(N)=O)cc1. The van der Waals surface area contributed by atoms with Gasteiger partial charge in [-0.05, 0) is 29.8 Å². The summed E-state index contributed by atoms with van der Waals surface area (Å²) in [5.41, 5.74) is 6.37. The van der Waals surface area contributed by atoms with E-state index in [4.69, 9.17) is 31.5 Å². The molecule has 0 aliphatic heterocycles. The number of nitrogens with two attached hydrogens (primary N) is 1. The quantitative estimate of drug-likeness (QED) is 0.605. The van der Waals surface area contributed by atoms with Gasteiger partial charge in [-0.3, -0.25) is 9.59 Å². The van der Waals surface area contributed by atoms with Crippen molar-refractivity contribution in [3.63, 3.8) is 0 Å². The Balaban J connectivity index is 1.92. The van der Waals surface area contributed by atoms with Crippen LogP contribution in [0.15, 0.2) is 42.5 Å². The first-order chi connectivity index (χ1) is 13.0. The fourth-order valence-electron chi connectivity index (χ4n) is 2.22. The summed E-state index contributed by atoms with van der Waals surface area (Å²) in [5, 5.41) is 3.09. The Kier molecular flexibility index (Phi) is 7.91. The summed E-state index contributed by atoms with van der Waals surface area (Å²) in [5.74, 6) is 0.101. The van der Waals surface area contributed by atoms with E-state index in [0.29, 0.717) is 35.4 Å². The van der Waals surface area contributed by atoms with Crippen LogP contribution in [0.3, 0.4) is 0 Å². The van der Waals surface area contributed by atoms with Crippen LogP contribution in [0.2, 0.25) is 5.02 Å². The molecule has 3 N–H and O–H groups in total. The van der Waals surface area contributed by atoms with E-state index in [1.54, 1.807) is 49.6 Å². The highest BCUT2D eigenvalue weighted by Crippen LogP contribution is 2.32. The molecule has 0 unspecified atom stereocenters. The van der Waals surface area contributed by atoms with E-state index in [2.05, 4.69) is 5.32 Å². The van der Waals surface area contributed by atoms with Gasteiger partial charge in [0.05, 0.1) is 23.7 Å². The van der Waals surface area contributed by atoms with E-state index in [1.165, 1.54) is 0 Å². The maximum absolute atomic E-state index is 12.2. The predicted octanol–water partition coefficient (Wildman–Crippen LogP) is 2.41. The zero-order valence-electron chi connectivity index (χ0n) is 14.9. The maximum atomic E-state index is 12.2. The molecule has 144 valence electrons. The third-order valence-electron chi connectivity index (χ3n) is 3.45. The van der Waals surface area contributed by atoms with Crippen LogP contribution < -0.4 is 20.5 Å².